The molecular formula is C25H23N7O3. The lowest BCUT2D eigenvalue weighted by atomic mass is 10.1. The highest BCUT2D eigenvalue weighted by molar-refractivity contribution is 6.22. The molecule has 2 N–H and O–H groups in total. The molecule has 0 saturated carbocycles. The van der Waals surface area contributed by atoms with Crippen molar-refractivity contribution < 1.29 is 14.4 Å². The molecule has 5 rings (SSSR count). The fraction of sp³-hybridized carbons (Fsp3) is 0.200. The van der Waals surface area contributed by atoms with E-state index in [2.05, 4.69) is 37.8 Å². The Balaban J connectivity index is 1.15. The lowest BCUT2D eigenvalue weighted by Crippen LogP contribution is -2.41. The monoisotopic (exact) mass is 469 g/mol. The van der Waals surface area contributed by atoms with E-state index in [1.807, 2.05) is 18.2 Å². The summed E-state index contributed by atoms with van der Waals surface area (Å²) in [7, 11) is 0. The number of imide groups is 1. The number of hydrogen-bond acceptors (Lipinski definition) is 7. The third kappa shape index (κ3) is 4.58. The minimum atomic E-state index is -0.456. The lowest BCUT2D eigenvalue weighted by molar-refractivity contribution is -0.121. The van der Waals surface area contributed by atoms with Crippen LogP contribution >= 0.6 is 0 Å². The lowest BCUT2D eigenvalue weighted by Gasteiger charge is -2.13. The normalized spacial score (nSPS) is 12.7. The molecule has 0 saturated heterocycles. The first-order valence-electron chi connectivity index (χ1n) is 11.3. The van der Waals surface area contributed by atoms with Gasteiger partial charge in [0.05, 0.1) is 29.3 Å². The summed E-state index contributed by atoms with van der Waals surface area (Å²) < 4.78 is 1.68. The van der Waals surface area contributed by atoms with Crippen molar-refractivity contribution in [2.24, 2.45) is 0 Å². The summed E-state index contributed by atoms with van der Waals surface area (Å²) in [6.45, 7) is 1.02. The molecular weight excluding hydrogens is 446 g/mol. The van der Waals surface area contributed by atoms with Gasteiger partial charge in [0.1, 0.15) is 18.7 Å². The van der Waals surface area contributed by atoms with Crippen LogP contribution in [0.5, 0.6) is 0 Å². The average Bonchev–Trinajstić information content (AvgIpc) is 3.40. The number of benzene rings is 2. The van der Waals surface area contributed by atoms with Crippen molar-refractivity contribution in [3.63, 3.8) is 0 Å². The smallest absolute Gasteiger partial charge is 0.262 e. The van der Waals surface area contributed by atoms with Crippen LogP contribution in [0.4, 0.5) is 5.82 Å². The minimum Gasteiger partial charge on any atom is -0.369 e. The second-order valence-corrected chi connectivity index (χ2v) is 8.08. The number of nitrogens with zero attached hydrogens (tertiary/aromatic N) is 5. The van der Waals surface area contributed by atoms with E-state index in [-0.39, 0.29) is 13.1 Å². The van der Waals surface area contributed by atoms with Crippen molar-refractivity contribution in [1.29, 1.82) is 0 Å². The zero-order valence-electron chi connectivity index (χ0n) is 18.8. The van der Waals surface area contributed by atoms with Gasteiger partial charge in [0.25, 0.3) is 11.8 Å². The maximum atomic E-state index is 12.4. The van der Waals surface area contributed by atoms with E-state index in [0.29, 0.717) is 29.1 Å². The molecule has 0 atom stereocenters. The first-order valence-corrected chi connectivity index (χ1v) is 11.3. The van der Waals surface area contributed by atoms with Crippen LogP contribution in [0.25, 0.3) is 11.0 Å². The van der Waals surface area contributed by atoms with Crippen LogP contribution < -0.4 is 10.6 Å². The third-order valence-corrected chi connectivity index (χ3v) is 5.81. The molecule has 0 fully saturated rings. The van der Waals surface area contributed by atoms with Gasteiger partial charge in [-0.25, -0.2) is 14.6 Å². The first-order chi connectivity index (χ1) is 17.1. The Morgan fingerprint density at radius 1 is 0.886 bits per heavy atom. The molecule has 176 valence electrons. The summed E-state index contributed by atoms with van der Waals surface area (Å²) in [5.74, 6) is -0.633. The molecule has 3 amide bonds. The van der Waals surface area contributed by atoms with Crippen LogP contribution in [0.2, 0.25) is 0 Å². The Hall–Kier alpha value is -4.60. The van der Waals surface area contributed by atoms with Crippen LogP contribution in [0.15, 0.2) is 67.1 Å². The first kappa shape index (κ1) is 22.2. The summed E-state index contributed by atoms with van der Waals surface area (Å²) in [5, 5.41) is 11.2. The van der Waals surface area contributed by atoms with E-state index in [9.17, 15) is 14.4 Å². The van der Waals surface area contributed by atoms with Gasteiger partial charge in [-0.2, -0.15) is 5.10 Å². The number of fused-ring (bicyclic) bond motifs is 2. The average molecular weight is 470 g/mol. The summed E-state index contributed by atoms with van der Waals surface area (Å²) in [4.78, 5) is 46.9. The molecule has 0 bridgehead atoms. The standard InChI is InChI=1S/C25H23N7O3/c33-21(15-31-24(34)18-8-4-5-9-19(18)25(31)35)26-12-13-32-23-20(14-30-32)22(28-16-29-23)27-11-10-17-6-2-1-3-7-17/h1-9,14,16H,10-13,15H2,(H,26,33)(H,27,28,29). The quantitative estimate of drug-likeness (QED) is 0.359. The van der Waals surface area contributed by atoms with Crippen LogP contribution in [-0.4, -0.2) is 62.0 Å². The van der Waals surface area contributed by atoms with Gasteiger partial charge in [0.2, 0.25) is 5.91 Å². The molecule has 0 radical (unpaired) electrons. The molecule has 1 aliphatic heterocycles. The molecule has 2 aromatic carbocycles. The van der Waals surface area contributed by atoms with Crippen molar-refractivity contribution in [3.8, 4) is 0 Å². The van der Waals surface area contributed by atoms with Gasteiger partial charge in [-0.15, -0.1) is 0 Å². The molecule has 0 unspecified atom stereocenters. The van der Waals surface area contributed by atoms with E-state index in [4.69, 9.17) is 0 Å². The SMILES string of the molecule is O=C(CN1C(=O)c2ccccc2C1=O)NCCn1ncc2c(NCCc3ccccc3)ncnc21. The Labute approximate surface area is 201 Å². The van der Waals surface area contributed by atoms with Crippen molar-refractivity contribution in [2.45, 2.75) is 13.0 Å². The zero-order chi connectivity index (χ0) is 24.2. The van der Waals surface area contributed by atoms with Gasteiger partial charge < -0.3 is 10.6 Å². The predicted octanol–water partition coefficient (Wildman–Crippen LogP) is 1.89. The zero-order valence-corrected chi connectivity index (χ0v) is 18.8. The van der Waals surface area contributed by atoms with Crippen LogP contribution in [0.3, 0.4) is 0 Å². The molecule has 0 spiro atoms. The number of hydrogen-bond donors (Lipinski definition) is 2. The highest BCUT2D eigenvalue weighted by atomic mass is 16.2. The number of aromatic nitrogens is 4. The van der Waals surface area contributed by atoms with Gasteiger partial charge >= 0.3 is 0 Å². The van der Waals surface area contributed by atoms with Crippen molar-refractivity contribution in [2.75, 3.05) is 25.0 Å². The van der Waals surface area contributed by atoms with Gasteiger partial charge in [0.15, 0.2) is 5.65 Å². The molecule has 1 aliphatic rings. The van der Waals surface area contributed by atoms with E-state index in [1.54, 1.807) is 35.1 Å². The number of nitrogens with one attached hydrogen (secondary N) is 2. The number of carbonyl (C=O) groups is 3. The number of carbonyl (C=O) groups excluding carboxylic acids is 3. The predicted molar refractivity (Wildman–Crippen MR) is 129 cm³/mol. The largest absolute Gasteiger partial charge is 0.369 e. The molecule has 0 aliphatic carbocycles. The highest BCUT2D eigenvalue weighted by Crippen LogP contribution is 2.22. The van der Waals surface area contributed by atoms with E-state index >= 15 is 0 Å². The molecule has 10 nitrogen and oxygen atoms in total. The molecule has 4 aromatic rings. The summed E-state index contributed by atoms with van der Waals surface area (Å²) in [6.07, 6.45) is 4.03. The molecule has 3 heterocycles. The van der Waals surface area contributed by atoms with E-state index in [1.165, 1.54) is 11.9 Å². The van der Waals surface area contributed by atoms with Gasteiger partial charge in [0, 0.05) is 13.1 Å². The fourth-order valence-electron chi connectivity index (χ4n) is 4.05. The molecule has 2 aromatic heterocycles. The van der Waals surface area contributed by atoms with Crippen LogP contribution in [-0.2, 0) is 17.8 Å². The number of rotatable bonds is 9. The number of amides is 3. The number of anilines is 1. The second kappa shape index (κ2) is 9.72. The van der Waals surface area contributed by atoms with Crippen LogP contribution in [0, 0.1) is 0 Å². The molecule has 10 heteroatoms. The summed E-state index contributed by atoms with van der Waals surface area (Å²) >= 11 is 0. The fourth-order valence-corrected chi connectivity index (χ4v) is 4.05. The van der Waals surface area contributed by atoms with Crippen LogP contribution in [0.1, 0.15) is 26.3 Å². The minimum absolute atomic E-state index is 0.263. The Bertz CT molecular complexity index is 1370. The summed E-state index contributed by atoms with van der Waals surface area (Å²) in [6, 6.07) is 16.7. The van der Waals surface area contributed by atoms with E-state index < -0.39 is 17.7 Å². The second-order valence-electron chi connectivity index (χ2n) is 8.08. The van der Waals surface area contributed by atoms with Gasteiger partial charge in [-0.05, 0) is 24.1 Å². The Morgan fingerprint density at radius 2 is 1.60 bits per heavy atom. The van der Waals surface area contributed by atoms with Gasteiger partial charge in [-0.1, -0.05) is 42.5 Å². The topological polar surface area (TPSA) is 122 Å². The highest BCUT2D eigenvalue weighted by Gasteiger charge is 2.36. The maximum Gasteiger partial charge on any atom is 0.262 e. The Morgan fingerprint density at radius 3 is 2.34 bits per heavy atom. The maximum absolute atomic E-state index is 12.4. The third-order valence-electron chi connectivity index (χ3n) is 5.81. The van der Waals surface area contributed by atoms with Crippen molar-refractivity contribution in [3.05, 3.63) is 83.8 Å². The molecule has 35 heavy (non-hydrogen) atoms. The van der Waals surface area contributed by atoms with E-state index in [0.717, 1.165) is 23.3 Å². The Kier molecular flexibility index (Phi) is 6.16. The van der Waals surface area contributed by atoms with Crippen molar-refractivity contribution >= 4 is 34.6 Å². The van der Waals surface area contributed by atoms with Gasteiger partial charge in [-0.3, -0.25) is 19.3 Å². The van der Waals surface area contributed by atoms with Crippen molar-refractivity contribution in [1.82, 2.24) is 30.0 Å². The summed E-state index contributed by atoms with van der Waals surface area (Å²) in [5.41, 5.74) is 2.53.